The first-order chi connectivity index (χ1) is 8.54. The van der Waals surface area contributed by atoms with Gasteiger partial charge in [-0.25, -0.2) is 8.42 Å². The van der Waals surface area contributed by atoms with Crippen LogP contribution in [0.25, 0.3) is 0 Å². The van der Waals surface area contributed by atoms with E-state index in [0.29, 0.717) is 0 Å². The maximum atomic E-state index is 12.2. The Morgan fingerprint density at radius 3 is 2.21 bits per heavy atom. The van der Waals surface area contributed by atoms with Gasteiger partial charge in [0.2, 0.25) is 11.8 Å². The van der Waals surface area contributed by atoms with Crippen LogP contribution in [0.4, 0.5) is 0 Å². The van der Waals surface area contributed by atoms with E-state index in [1.165, 1.54) is 4.90 Å². The third-order valence-electron chi connectivity index (χ3n) is 3.20. The average molecular weight is 290 g/mol. The molecule has 0 aromatic heterocycles. The van der Waals surface area contributed by atoms with E-state index in [-0.39, 0.29) is 23.5 Å². The Labute approximate surface area is 114 Å². The predicted molar refractivity (Wildman–Crippen MR) is 72.2 cm³/mol. The molecule has 0 bridgehead atoms. The van der Waals surface area contributed by atoms with E-state index < -0.39 is 28.0 Å². The van der Waals surface area contributed by atoms with Gasteiger partial charge in [-0.15, -0.1) is 0 Å². The van der Waals surface area contributed by atoms with Crippen molar-refractivity contribution >= 4 is 21.7 Å². The van der Waals surface area contributed by atoms with Crippen LogP contribution in [0.5, 0.6) is 0 Å². The van der Waals surface area contributed by atoms with Crippen molar-refractivity contribution in [2.24, 2.45) is 5.92 Å². The second-order valence-electron chi connectivity index (χ2n) is 5.61. The van der Waals surface area contributed by atoms with Crippen molar-refractivity contribution in [2.45, 2.75) is 45.8 Å². The monoisotopic (exact) mass is 290 g/mol. The molecule has 0 aliphatic carbocycles. The van der Waals surface area contributed by atoms with E-state index >= 15 is 0 Å². The highest BCUT2D eigenvalue weighted by molar-refractivity contribution is 7.90. The summed E-state index contributed by atoms with van der Waals surface area (Å²) in [5.74, 6) is -0.655. The van der Waals surface area contributed by atoms with Crippen molar-refractivity contribution in [3.05, 3.63) is 0 Å². The molecule has 6 nitrogen and oxygen atoms in total. The van der Waals surface area contributed by atoms with Crippen LogP contribution in [0.15, 0.2) is 0 Å². The molecule has 0 aromatic carbocycles. The molecule has 1 heterocycles. The van der Waals surface area contributed by atoms with Crippen LogP contribution in [-0.4, -0.2) is 55.3 Å². The van der Waals surface area contributed by atoms with Gasteiger partial charge in [0, 0.05) is 12.3 Å². The van der Waals surface area contributed by atoms with Gasteiger partial charge in [-0.3, -0.25) is 9.59 Å². The molecule has 1 aliphatic heterocycles. The number of rotatable bonds is 4. The van der Waals surface area contributed by atoms with Gasteiger partial charge in [0.05, 0.1) is 5.75 Å². The van der Waals surface area contributed by atoms with Crippen molar-refractivity contribution in [3.8, 4) is 0 Å². The van der Waals surface area contributed by atoms with Gasteiger partial charge in [-0.05, 0) is 19.8 Å². The number of carbonyl (C=O) groups excluding carboxylic acids is 2. The summed E-state index contributed by atoms with van der Waals surface area (Å²) in [5, 5.41) is 2.63. The third kappa shape index (κ3) is 3.68. The van der Waals surface area contributed by atoms with Gasteiger partial charge >= 0.3 is 0 Å². The molecule has 0 spiro atoms. The number of carbonyl (C=O) groups is 2. The summed E-state index contributed by atoms with van der Waals surface area (Å²) in [6.45, 7) is 6.96. The van der Waals surface area contributed by atoms with Gasteiger partial charge in [0.1, 0.15) is 21.9 Å². The van der Waals surface area contributed by atoms with Crippen molar-refractivity contribution in [1.29, 1.82) is 0 Å². The smallest absolute Gasteiger partial charge is 0.245 e. The zero-order valence-electron chi connectivity index (χ0n) is 12.0. The Morgan fingerprint density at radius 2 is 1.79 bits per heavy atom. The van der Waals surface area contributed by atoms with E-state index in [0.717, 1.165) is 6.26 Å². The fraction of sp³-hybridized carbons (Fsp3) is 0.833. The Morgan fingerprint density at radius 1 is 1.26 bits per heavy atom. The molecule has 1 rings (SSSR count). The Balaban J connectivity index is 3.08. The van der Waals surface area contributed by atoms with Crippen LogP contribution in [0, 0.1) is 5.92 Å². The number of nitrogens with one attached hydrogen (secondary N) is 1. The fourth-order valence-corrected chi connectivity index (χ4v) is 3.52. The zero-order chi connectivity index (χ0) is 15.0. The standard InChI is InChI=1S/C12H22N2O4S/c1-7(2)10-11(15)13-9(4)12(16)14(10)8(3)6-19(5,17)18/h7-10H,6H2,1-5H3,(H,13,15). The molecule has 0 aromatic rings. The lowest BCUT2D eigenvalue weighted by Crippen LogP contribution is -2.66. The first-order valence-corrected chi connectivity index (χ1v) is 8.41. The van der Waals surface area contributed by atoms with Crippen LogP contribution in [0.1, 0.15) is 27.7 Å². The van der Waals surface area contributed by atoms with Gasteiger partial charge in [-0.1, -0.05) is 13.8 Å². The highest BCUT2D eigenvalue weighted by Gasteiger charge is 2.42. The molecular weight excluding hydrogens is 268 g/mol. The maximum absolute atomic E-state index is 12.2. The minimum Gasteiger partial charge on any atom is -0.343 e. The fourth-order valence-electron chi connectivity index (χ4n) is 2.48. The lowest BCUT2D eigenvalue weighted by Gasteiger charge is -2.43. The van der Waals surface area contributed by atoms with Gasteiger partial charge in [0.15, 0.2) is 0 Å². The van der Waals surface area contributed by atoms with Crippen molar-refractivity contribution in [2.75, 3.05) is 12.0 Å². The van der Waals surface area contributed by atoms with Crippen molar-refractivity contribution in [1.82, 2.24) is 10.2 Å². The molecule has 1 fully saturated rings. The Kier molecular flexibility index (Phi) is 4.60. The molecule has 19 heavy (non-hydrogen) atoms. The van der Waals surface area contributed by atoms with Gasteiger partial charge in [0.25, 0.3) is 0 Å². The highest BCUT2D eigenvalue weighted by Crippen LogP contribution is 2.20. The van der Waals surface area contributed by atoms with E-state index in [9.17, 15) is 18.0 Å². The number of piperazine rings is 1. The molecule has 0 saturated carbocycles. The highest BCUT2D eigenvalue weighted by atomic mass is 32.2. The molecule has 3 atom stereocenters. The maximum Gasteiger partial charge on any atom is 0.245 e. The largest absolute Gasteiger partial charge is 0.343 e. The predicted octanol–water partition coefficient (Wildman–Crippen LogP) is -0.209. The summed E-state index contributed by atoms with van der Waals surface area (Å²) in [6, 6.07) is -1.73. The van der Waals surface area contributed by atoms with Gasteiger partial charge < -0.3 is 10.2 Å². The number of sulfone groups is 1. The molecule has 1 N–H and O–H groups in total. The summed E-state index contributed by atoms with van der Waals surface area (Å²) >= 11 is 0. The minimum absolute atomic E-state index is 0.0709. The second-order valence-corrected chi connectivity index (χ2v) is 7.79. The lowest BCUT2D eigenvalue weighted by atomic mass is 9.96. The summed E-state index contributed by atoms with van der Waals surface area (Å²) in [4.78, 5) is 25.7. The van der Waals surface area contributed by atoms with Crippen LogP contribution in [0.3, 0.4) is 0 Å². The Hall–Kier alpha value is -1.11. The van der Waals surface area contributed by atoms with Crippen LogP contribution >= 0.6 is 0 Å². The zero-order valence-corrected chi connectivity index (χ0v) is 12.8. The number of nitrogens with zero attached hydrogens (tertiary/aromatic N) is 1. The molecular formula is C12H22N2O4S. The SMILES string of the molecule is CC1NC(=O)C(C(C)C)N(C(C)CS(C)(=O)=O)C1=O. The number of hydrogen-bond acceptors (Lipinski definition) is 4. The third-order valence-corrected chi connectivity index (χ3v) is 4.29. The summed E-state index contributed by atoms with van der Waals surface area (Å²) in [6.07, 6.45) is 1.13. The molecule has 110 valence electrons. The Bertz CT molecular complexity index is 472. The molecule has 1 aliphatic rings. The minimum atomic E-state index is -3.21. The molecule has 7 heteroatoms. The van der Waals surface area contributed by atoms with Crippen molar-refractivity contribution < 1.29 is 18.0 Å². The van der Waals surface area contributed by atoms with Crippen LogP contribution in [-0.2, 0) is 19.4 Å². The molecule has 1 saturated heterocycles. The van der Waals surface area contributed by atoms with Crippen LogP contribution < -0.4 is 5.32 Å². The molecule has 2 amide bonds. The summed E-state index contributed by atoms with van der Waals surface area (Å²) in [5.41, 5.74) is 0. The van der Waals surface area contributed by atoms with Crippen molar-refractivity contribution in [3.63, 3.8) is 0 Å². The van der Waals surface area contributed by atoms with E-state index in [1.54, 1.807) is 13.8 Å². The lowest BCUT2D eigenvalue weighted by molar-refractivity contribution is -0.152. The summed E-state index contributed by atoms with van der Waals surface area (Å²) in [7, 11) is -3.21. The van der Waals surface area contributed by atoms with E-state index in [4.69, 9.17) is 0 Å². The topological polar surface area (TPSA) is 83.6 Å². The first-order valence-electron chi connectivity index (χ1n) is 6.35. The number of amides is 2. The van der Waals surface area contributed by atoms with E-state index in [1.807, 2.05) is 13.8 Å². The quantitative estimate of drug-likeness (QED) is 0.776. The number of hydrogen-bond donors (Lipinski definition) is 1. The normalized spacial score (nSPS) is 26.5. The average Bonchev–Trinajstić information content (AvgIpc) is 2.19. The summed E-state index contributed by atoms with van der Waals surface area (Å²) < 4.78 is 22.8. The molecule has 0 radical (unpaired) electrons. The van der Waals surface area contributed by atoms with E-state index in [2.05, 4.69) is 5.32 Å². The van der Waals surface area contributed by atoms with Crippen LogP contribution in [0.2, 0.25) is 0 Å². The second kappa shape index (κ2) is 5.48. The first kappa shape index (κ1) is 15.9. The van der Waals surface area contributed by atoms with Gasteiger partial charge in [-0.2, -0.15) is 0 Å². The molecule has 3 unspecified atom stereocenters.